The molecule has 1 amide bonds. The van der Waals surface area contributed by atoms with Crippen LogP contribution in [0.25, 0.3) is 0 Å². The number of nitrogens with zero attached hydrogens (tertiary/aromatic N) is 1. The predicted molar refractivity (Wildman–Crippen MR) is 69.0 cm³/mol. The number of benzene rings is 1. The van der Waals surface area contributed by atoms with E-state index in [1.165, 1.54) is 6.92 Å². The molecule has 0 bridgehead atoms. The minimum Gasteiger partial charge on any atom is -0.326 e. The molecule has 0 saturated carbocycles. The van der Waals surface area contributed by atoms with Crippen molar-refractivity contribution in [3.63, 3.8) is 0 Å². The van der Waals surface area contributed by atoms with Crippen LogP contribution in [0.1, 0.15) is 32.8 Å². The van der Waals surface area contributed by atoms with E-state index in [2.05, 4.69) is 11.4 Å². The summed E-state index contributed by atoms with van der Waals surface area (Å²) in [6, 6.07) is 9.27. The molecule has 1 aromatic rings. The van der Waals surface area contributed by atoms with E-state index in [9.17, 15) is 9.59 Å². The van der Waals surface area contributed by atoms with Gasteiger partial charge in [-0.2, -0.15) is 5.26 Å². The molecule has 0 aliphatic heterocycles. The zero-order chi connectivity index (χ0) is 13.8. The van der Waals surface area contributed by atoms with Gasteiger partial charge in [-0.05, 0) is 38.5 Å². The second-order valence-corrected chi connectivity index (χ2v) is 4.74. The Morgan fingerprint density at radius 3 is 2.28 bits per heavy atom. The summed E-state index contributed by atoms with van der Waals surface area (Å²) in [6.07, 6.45) is -0.120. The van der Waals surface area contributed by atoms with Crippen LogP contribution >= 0.6 is 0 Å². The lowest BCUT2D eigenvalue weighted by atomic mass is 9.86. The van der Waals surface area contributed by atoms with Crippen molar-refractivity contribution in [3.05, 3.63) is 29.8 Å². The van der Waals surface area contributed by atoms with Crippen molar-refractivity contribution < 1.29 is 9.59 Å². The second-order valence-electron chi connectivity index (χ2n) is 4.74. The molecule has 94 valence electrons. The summed E-state index contributed by atoms with van der Waals surface area (Å²) in [5.74, 6) is -0.496. The Balaban J connectivity index is 2.76. The third-order valence-electron chi connectivity index (χ3n) is 2.58. The molecule has 0 fully saturated rings. The van der Waals surface area contributed by atoms with Crippen molar-refractivity contribution in [1.29, 1.82) is 5.26 Å². The van der Waals surface area contributed by atoms with E-state index in [0.29, 0.717) is 5.69 Å². The average molecular weight is 244 g/mol. The number of nitrogens with one attached hydrogen (secondary N) is 1. The van der Waals surface area contributed by atoms with Gasteiger partial charge in [-0.1, -0.05) is 12.1 Å². The average Bonchev–Trinajstić information content (AvgIpc) is 2.28. The number of Topliss-reactive ketones (excluding diaryl/α,β-unsaturated/α-hetero) is 1. The van der Waals surface area contributed by atoms with Gasteiger partial charge in [0.15, 0.2) is 0 Å². The lowest BCUT2D eigenvalue weighted by molar-refractivity contribution is -0.124. The van der Waals surface area contributed by atoms with Gasteiger partial charge in [0.05, 0.1) is 17.9 Å². The number of rotatable bonds is 4. The van der Waals surface area contributed by atoms with Crippen LogP contribution in [0.5, 0.6) is 0 Å². The Kier molecular flexibility index (Phi) is 4.22. The molecule has 0 aliphatic rings. The molecule has 0 unspecified atom stereocenters. The molecule has 0 atom stereocenters. The lowest BCUT2D eigenvalue weighted by Gasteiger charge is -2.16. The Labute approximate surface area is 107 Å². The van der Waals surface area contributed by atoms with E-state index in [1.807, 2.05) is 13.8 Å². The Hall–Kier alpha value is -2.15. The molecular formula is C14H16N2O2. The van der Waals surface area contributed by atoms with Crippen LogP contribution in [0.2, 0.25) is 0 Å². The van der Waals surface area contributed by atoms with Gasteiger partial charge in [0, 0.05) is 5.69 Å². The van der Waals surface area contributed by atoms with Crippen molar-refractivity contribution in [1.82, 2.24) is 0 Å². The molecular weight excluding hydrogens is 228 g/mol. The molecule has 1 N–H and O–H groups in total. The fraction of sp³-hybridized carbons (Fsp3) is 0.357. The number of hydrogen-bond acceptors (Lipinski definition) is 3. The van der Waals surface area contributed by atoms with Gasteiger partial charge in [-0.3, -0.25) is 9.59 Å². The molecule has 4 heteroatoms. The standard InChI is InChI=1S/C14H16N2O2/c1-10(17)8-13(18)16-12-6-4-11(5-7-12)14(2,3)9-15/h4-7H,8H2,1-3H3,(H,16,18). The molecule has 1 rings (SSSR count). The van der Waals surface area contributed by atoms with E-state index in [4.69, 9.17) is 5.26 Å². The number of amides is 1. The predicted octanol–water partition coefficient (Wildman–Crippen LogP) is 2.41. The van der Waals surface area contributed by atoms with Crippen molar-refractivity contribution in [3.8, 4) is 6.07 Å². The third-order valence-corrected chi connectivity index (χ3v) is 2.58. The number of carbonyl (C=O) groups is 2. The second kappa shape index (κ2) is 5.46. The molecule has 1 aromatic carbocycles. The van der Waals surface area contributed by atoms with E-state index < -0.39 is 5.41 Å². The first-order valence-corrected chi connectivity index (χ1v) is 5.66. The number of nitriles is 1. The Morgan fingerprint density at radius 1 is 1.28 bits per heavy atom. The summed E-state index contributed by atoms with van der Waals surface area (Å²) < 4.78 is 0. The maximum Gasteiger partial charge on any atom is 0.231 e. The highest BCUT2D eigenvalue weighted by molar-refractivity contribution is 6.03. The van der Waals surface area contributed by atoms with Crippen molar-refractivity contribution in [2.24, 2.45) is 0 Å². The number of carbonyl (C=O) groups excluding carboxylic acids is 2. The van der Waals surface area contributed by atoms with E-state index in [-0.39, 0.29) is 18.1 Å². The number of ketones is 1. The first kappa shape index (κ1) is 13.9. The molecule has 0 heterocycles. The Bertz CT molecular complexity index is 496. The normalized spacial score (nSPS) is 10.6. The molecule has 0 radical (unpaired) electrons. The summed E-state index contributed by atoms with van der Waals surface area (Å²) in [6.45, 7) is 5.03. The summed E-state index contributed by atoms with van der Waals surface area (Å²) in [4.78, 5) is 22.1. The molecule has 0 aliphatic carbocycles. The van der Waals surface area contributed by atoms with Crippen LogP contribution < -0.4 is 5.32 Å². The number of hydrogen-bond donors (Lipinski definition) is 1. The quantitative estimate of drug-likeness (QED) is 0.827. The van der Waals surface area contributed by atoms with Crippen molar-refractivity contribution in [2.45, 2.75) is 32.6 Å². The summed E-state index contributed by atoms with van der Waals surface area (Å²) >= 11 is 0. The number of anilines is 1. The van der Waals surface area contributed by atoms with Gasteiger partial charge < -0.3 is 5.32 Å². The minimum absolute atomic E-state index is 0.120. The summed E-state index contributed by atoms with van der Waals surface area (Å²) in [7, 11) is 0. The highest BCUT2D eigenvalue weighted by Crippen LogP contribution is 2.23. The van der Waals surface area contributed by atoms with Gasteiger partial charge in [0.2, 0.25) is 5.91 Å². The molecule has 0 aromatic heterocycles. The Morgan fingerprint density at radius 2 is 1.83 bits per heavy atom. The highest BCUT2D eigenvalue weighted by atomic mass is 16.2. The van der Waals surface area contributed by atoms with Gasteiger partial charge in [0.1, 0.15) is 5.78 Å². The monoisotopic (exact) mass is 244 g/mol. The van der Waals surface area contributed by atoms with Gasteiger partial charge >= 0.3 is 0 Å². The van der Waals surface area contributed by atoms with E-state index in [0.717, 1.165) is 5.56 Å². The van der Waals surface area contributed by atoms with Gasteiger partial charge in [-0.25, -0.2) is 0 Å². The largest absolute Gasteiger partial charge is 0.326 e. The summed E-state index contributed by atoms with van der Waals surface area (Å²) in [5.41, 5.74) is 0.954. The topological polar surface area (TPSA) is 70.0 Å². The lowest BCUT2D eigenvalue weighted by Crippen LogP contribution is -2.16. The van der Waals surface area contributed by atoms with Gasteiger partial charge in [-0.15, -0.1) is 0 Å². The van der Waals surface area contributed by atoms with E-state index >= 15 is 0 Å². The SMILES string of the molecule is CC(=O)CC(=O)Nc1ccc(C(C)(C)C#N)cc1. The van der Waals surface area contributed by atoms with E-state index in [1.54, 1.807) is 24.3 Å². The maximum atomic E-state index is 11.4. The fourth-order valence-electron chi connectivity index (χ4n) is 1.47. The van der Waals surface area contributed by atoms with Gasteiger partial charge in [0.25, 0.3) is 0 Å². The third kappa shape index (κ3) is 3.70. The fourth-order valence-corrected chi connectivity index (χ4v) is 1.47. The molecule has 0 spiro atoms. The van der Waals surface area contributed by atoms with Crippen LogP contribution in [0.15, 0.2) is 24.3 Å². The first-order chi connectivity index (χ1) is 8.35. The minimum atomic E-state index is -0.554. The zero-order valence-corrected chi connectivity index (χ0v) is 10.8. The van der Waals surface area contributed by atoms with Crippen LogP contribution in [0.3, 0.4) is 0 Å². The maximum absolute atomic E-state index is 11.4. The van der Waals surface area contributed by atoms with Crippen LogP contribution in [-0.2, 0) is 15.0 Å². The molecule has 0 saturated heterocycles. The van der Waals surface area contributed by atoms with Crippen molar-refractivity contribution in [2.75, 3.05) is 5.32 Å². The molecule has 18 heavy (non-hydrogen) atoms. The summed E-state index contributed by atoms with van der Waals surface area (Å²) in [5, 5.41) is 11.6. The van der Waals surface area contributed by atoms with Crippen LogP contribution in [0.4, 0.5) is 5.69 Å². The molecule has 4 nitrogen and oxygen atoms in total. The highest BCUT2D eigenvalue weighted by Gasteiger charge is 2.19. The van der Waals surface area contributed by atoms with Crippen LogP contribution in [-0.4, -0.2) is 11.7 Å². The first-order valence-electron chi connectivity index (χ1n) is 5.66. The van der Waals surface area contributed by atoms with Crippen LogP contribution in [0, 0.1) is 11.3 Å². The zero-order valence-electron chi connectivity index (χ0n) is 10.8. The van der Waals surface area contributed by atoms with Crippen molar-refractivity contribution >= 4 is 17.4 Å². The smallest absolute Gasteiger partial charge is 0.231 e.